The third-order valence-corrected chi connectivity index (χ3v) is 1.93. The van der Waals surface area contributed by atoms with Crippen molar-refractivity contribution in [1.82, 2.24) is 0 Å². The van der Waals surface area contributed by atoms with E-state index in [0.717, 1.165) is 6.42 Å². The van der Waals surface area contributed by atoms with Gasteiger partial charge in [0.05, 0.1) is 6.61 Å². The second kappa shape index (κ2) is 7.23. The Hall–Kier alpha value is -1.10. The summed E-state index contributed by atoms with van der Waals surface area (Å²) in [5.74, 6) is -0.989. The van der Waals surface area contributed by atoms with Crippen LogP contribution in [0.2, 0.25) is 0 Å². The van der Waals surface area contributed by atoms with Gasteiger partial charge in [0, 0.05) is 6.42 Å². The molecule has 0 unspecified atom stereocenters. The van der Waals surface area contributed by atoms with E-state index >= 15 is 0 Å². The molecule has 0 radical (unpaired) electrons. The molecule has 15 heavy (non-hydrogen) atoms. The van der Waals surface area contributed by atoms with Crippen LogP contribution < -0.4 is 5.73 Å². The van der Waals surface area contributed by atoms with Gasteiger partial charge in [-0.15, -0.1) is 0 Å². The lowest BCUT2D eigenvalue weighted by molar-refractivity contribution is -0.144. The summed E-state index contributed by atoms with van der Waals surface area (Å²) in [4.78, 5) is 21.4. The summed E-state index contributed by atoms with van der Waals surface area (Å²) < 4.78 is 4.90. The molecule has 5 nitrogen and oxygen atoms in total. The second-order valence-electron chi connectivity index (χ2n) is 3.89. The number of carboxylic acid groups (broad SMARTS) is 1. The van der Waals surface area contributed by atoms with Gasteiger partial charge >= 0.3 is 11.9 Å². The van der Waals surface area contributed by atoms with Crippen molar-refractivity contribution in [3.8, 4) is 0 Å². The Balaban J connectivity index is 3.53. The minimum atomic E-state index is -1.09. The van der Waals surface area contributed by atoms with E-state index in [2.05, 4.69) is 0 Å². The van der Waals surface area contributed by atoms with Gasteiger partial charge in [0.1, 0.15) is 6.04 Å². The number of hydrogen-bond acceptors (Lipinski definition) is 4. The number of hydrogen-bond donors (Lipinski definition) is 2. The highest BCUT2D eigenvalue weighted by molar-refractivity contribution is 5.75. The molecule has 0 aromatic rings. The van der Waals surface area contributed by atoms with Crippen LogP contribution in [0.3, 0.4) is 0 Å². The Bertz CT molecular complexity index is 215. The summed E-state index contributed by atoms with van der Waals surface area (Å²) in [5, 5.41) is 8.47. The average Bonchev–Trinajstić information content (AvgIpc) is 2.13. The summed E-state index contributed by atoms with van der Waals surface area (Å²) in [6, 6.07) is -0.984. The van der Waals surface area contributed by atoms with Crippen LogP contribution in [-0.4, -0.2) is 29.7 Å². The number of carbonyl (C=O) groups is 2. The zero-order chi connectivity index (χ0) is 11.8. The molecule has 0 aromatic heterocycles. The molecule has 0 aromatic carbocycles. The molecule has 0 saturated carbocycles. The standard InChI is InChI=1S/C10H19NO4/c1-7(2)5-6-15-9(12)4-3-8(11)10(13)14/h7-8H,3-6,11H2,1-2H3,(H,13,14)/t8-/m1/s1. The highest BCUT2D eigenvalue weighted by Gasteiger charge is 2.13. The van der Waals surface area contributed by atoms with Gasteiger partial charge in [-0.25, -0.2) is 0 Å². The fourth-order valence-corrected chi connectivity index (χ4v) is 0.877. The number of rotatable bonds is 7. The van der Waals surface area contributed by atoms with Crippen molar-refractivity contribution in [3.63, 3.8) is 0 Å². The van der Waals surface area contributed by atoms with Gasteiger partial charge in [0.15, 0.2) is 0 Å². The molecular formula is C10H19NO4. The minimum absolute atomic E-state index is 0.0611. The van der Waals surface area contributed by atoms with Gasteiger partial charge < -0.3 is 15.6 Å². The molecule has 0 aliphatic heterocycles. The van der Waals surface area contributed by atoms with E-state index in [4.69, 9.17) is 15.6 Å². The zero-order valence-electron chi connectivity index (χ0n) is 9.23. The number of ether oxygens (including phenoxy) is 1. The maximum Gasteiger partial charge on any atom is 0.320 e. The molecule has 0 aliphatic rings. The molecule has 88 valence electrons. The third kappa shape index (κ3) is 7.93. The Labute approximate surface area is 89.6 Å². The summed E-state index contributed by atoms with van der Waals surface area (Å²) in [7, 11) is 0. The second-order valence-corrected chi connectivity index (χ2v) is 3.89. The summed E-state index contributed by atoms with van der Waals surface area (Å²) in [5.41, 5.74) is 5.23. The van der Waals surface area contributed by atoms with E-state index in [1.165, 1.54) is 0 Å². The third-order valence-electron chi connectivity index (χ3n) is 1.93. The van der Waals surface area contributed by atoms with Gasteiger partial charge in [0.25, 0.3) is 0 Å². The van der Waals surface area contributed by atoms with Crippen LogP contribution in [0.1, 0.15) is 33.1 Å². The monoisotopic (exact) mass is 217 g/mol. The SMILES string of the molecule is CC(C)CCOC(=O)CC[C@@H](N)C(=O)O. The van der Waals surface area contributed by atoms with E-state index in [-0.39, 0.29) is 18.8 Å². The zero-order valence-corrected chi connectivity index (χ0v) is 9.23. The van der Waals surface area contributed by atoms with Crippen LogP contribution in [-0.2, 0) is 14.3 Å². The van der Waals surface area contributed by atoms with Crippen molar-refractivity contribution < 1.29 is 19.4 Å². The van der Waals surface area contributed by atoms with E-state index in [0.29, 0.717) is 12.5 Å². The topological polar surface area (TPSA) is 89.6 Å². The molecule has 5 heteroatoms. The van der Waals surface area contributed by atoms with Crippen LogP contribution in [0.5, 0.6) is 0 Å². The normalized spacial score (nSPS) is 12.5. The molecule has 0 bridgehead atoms. The van der Waals surface area contributed by atoms with Gasteiger partial charge in [-0.05, 0) is 18.8 Å². The van der Waals surface area contributed by atoms with Crippen LogP contribution in [0, 0.1) is 5.92 Å². The first kappa shape index (κ1) is 13.9. The first-order valence-corrected chi connectivity index (χ1v) is 5.07. The molecule has 0 spiro atoms. The number of esters is 1. The van der Waals surface area contributed by atoms with Gasteiger partial charge in [-0.2, -0.15) is 0 Å². The molecular weight excluding hydrogens is 198 g/mol. The Kier molecular flexibility index (Phi) is 6.70. The summed E-state index contributed by atoms with van der Waals surface area (Å²) in [6.45, 7) is 4.46. The molecule has 3 N–H and O–H groups in total. The van der Waals surface area contributed by atoms with Crippen LogP contribution in [0.15, 0.2) is 0 Å². The molecule has 0 rings (SSSR count). The first-order chi connectivity index (χ1) is 6.93. The van der Waals surface area contributed by atoms with Crippen LogP contribution >= 0.6 is 0 Å². The first-order valence-electron chi connectivity index (χ1n) is 5.07. The fourth-order valence-electron chi connectivity index (χ4n) is 0.877. The van der Waals surface area contributed by atoms with Crippen molar-refractivity contribution in [1.29, 1.82) is 0 Å². The maximum atomic E-state index is 11.1. The van der Waals surface area contributed by atoms with Crippen molar-refractivity contribution >= 4 is 11.9 Å². The Morgan fingerprint density at radius 1 is 1.33 bits per heavy atom. The molecule has 0 aliphatic carbocycles. The quantitative estimate of drug-likeness (QED) is 0.615. The molecule has 0 fully saturated rings. The molecule has 0 saturated heterocycles. The van der Waals surface area contributed by atoms with Crippen molar-refractivity contribution in [3.05, 3.63) is 0 Å². The number of carboxylic acids is 1. The number of nitrogens with two attached hydrogens (primary N) is 1. The van der Waals surface area contributed by atoms with Gasteiger partial charge in [0.2, 0.25) is 0 Å². The lowest BCUT2D eigenvalue weighted by Gasteiger charge is -2.08. The largest absolute Gasteiger partial charge is 0.480 e. The fraction of sp³-hybridized carbons (Fsp3) is 0.800. The predicted octanol–water partition coefficient (Wildman–Crippen LogP) is 0.768. The van der Waals surface area contributed by atoms with Gasteiger partial charge in [-0.1, -0.05) is 13.8 Å². The lowest BCUT2D eigenvalue weighted by atomic mass is 10.1. The van der Waals surface area contributed by atoms with E-state index < -0.39 is 12.0 Å². The maximum absolute atomic E-state index is 11.1. The van der Waals surface area contributed by atoms with Crippen molar-refractivity contribution in [2.24, 2.45) is 11.7 Å². The average molecular weight is 217 g/mol. The van der Waals surface area contributed by atoms with E-state index in [9.17, 15) is 9.59 Å². The summed E-state index contributed by atoms with van der Waals surface area (Å²) in [6.07, 6.45) is 0.998. The molecule has 0 amide bonds. The number of aliphatic carboxylic acids is 1. The Morgan fingerprint density at radius 2 is 1.93 bits per heavy atom. The Morgan fingerprint density at radius 3 is 2.40 bits per heavy atom. The summed E-state index contributed by atoms with van der Waals surface area (Å²) >= 11 is 0. The van der Waals surface area contributed by atoms with Gasteiger partial charge in [-0.3, -0.25) is 9.59 Å². The molecule has 1 atom stereocenters. The minimum Gasteiger partial charge on any atom is -0.480 e. The number of carbonyl (C=O) groups excluding carboxylic acids is 1. The predicted molar refractivity (Wildman–Crippen MR) is 55.3 cm³/mol. The highest BCUT2D eigenvalue weighted by Crippen LogP contribution is 2.02. The smallest absolute Gasteiger partial charge is 0.320 e. The molecule has 0 heterocycles. The van der Waals surface area contributed by atoms with Crippen molar-refractivity contribution in [2.75, 3.05) is 6.61 Å². The lowest BCUT2D eigenvalue weighted by Crippen LogP contribution is -2.30. The van der Waals surface area contributed by atoms with Crippen LogP contribution in [0.25, 0.3) is 0 Å². The van der Waals surface area contributed by atoms with Crippen LogP contribution in [0.4, 0.5) is 0 Å². The highest BCUT2D eigenvalue weighted by atomic mass is 16.5. The van der Waals surface area contributed by atoms with E-state index in [1.807, 2.05) is 13.8 Å². The van der Waals surface area contributed by atoms with Crippen molar-refractivity contribution in [2.45, 2.75) is 39.2 Å². The van der Waals surface area contributed by atoms with E-state index in [1.54, 1.807) is 0 Å².